The monoisotopic (exact) mass is 267 g/mol. The average Bonchev–Trinajstić information content (AvgIpc) is 2.35. The summed E-state index contributed by atoms with van der Waals surface area (Å²) < 4.78 is 0. The predicted molar refractivity (Wildman–Crippen MR) is 77.8 cm³/mol. The molecule has 0 bridgehead atoms. The molecule has 1 fully saturated rings. The smallest absolute Gasteiger partial charge is 0.0715 e. The number of hydrogen-bond acceptors (Lipinski definition) is 4. The summed E-state index contributed by atoms with van der Waals surface area (Å²) in [4.78, 5) is 4.83. The van der Waals surface area contributed by atoms with Crippen molar-refractivity contribution in [3.8, 4) is 6.07 Å². The fourth-order valence-electron chi connectivity index (χ4n) is 2.25. The van der Waals surface area contributed by atoms with Crippen molar-refractivity contribution in [3.05, 3.63) is 0 Å². The average molecular weight is 267 g/mol. The molecule has 0 saturated carbocycles. The van der Waals surface area contributed by atoms with Gasteiger partial charge in [-0.25, -0.2) is 0 Å². The van der Waals surface area contributed by atoms with Crippen molar-refractivity contribution in [2.45, 2.75) is 46.1 Å². The van der Waals surface area contributed by atoms with E-state index in [0.717, 1.165) is 52.1 Å². The molecule has 110 valence electrons. The van der Waals surface area contributed by atoms with E-state index in [9.17, 15) is 5.11 Å². The highest BCUT2D eigenvalue weighted by Gasteiger charge is 2.26. The molecule has 19 heavy (non-hydrogen) atoms. The lowest BCUT2D eigenvalue weighted by Gasteiger charge is -2.38. The Morgan fingerprint density at radius 1 is 1.11 bits per heavy atom. The first kappa shape index (κ1) is 16.4. The second-order valence-corrected chi connectivity index (χ2v) is 6.64. The second kappa shape index (κ2) is 7.84. The van der Waals surface area contributed by atoms with Gasteiger partial charge in [0.2, 0.25) is 0 Å². The first-order valence-corrected chi connectivity index (χ1v) is 7.43. The first-order chi connectivity index (χ1) is 8.93. The summed E-state index contributed by atoms with van der Waals surface area (Å²) in [6.07, 6.45) is 2.56. The lowest BCUT2D eigenvalue weighted by molar-refractivity contribution is 0.0133. The molecular formula is C15H29N3O. The van der Waals surface area contributed by atoms with Crippen molar-refractivity contribution >= 4 is 0 Å². The number of β-amino-alcohol motifs (C(OH)–C–C–N with tert-alkyl or cyclic N) is 1. The van der Waals surface area contributed by atoms with E-state index < -0.39 is 0 Å². The Balaban J connectivity index is 2.17. The number of unbranched alkanes of at least 4 members (excludes halogenated alkanes) is 2. The van der Waals surface area contributed by atoms with Crippen LogP contribution in [-0.4, -0.2) is 60.3 Å². The van der Waals surface area contributed by atoms with Crippen LogP contribution in [-0.2, 0) is 0 Å². The van der Waals surface area contributed by atoms with Gasteiger partial charge in [-0.3, -0.25) is 4.90 Å². The summed E-state index contributed by atoms with van der Waals surface area (Å²) in [6, 6.07) is 2.19. The first-order valence-electron chi connectivity index (χ1n) is 7.43. The topological polar surface area (TPSA) is 50.5 Å². The van der Waals surface area contributed by atoms with E-state index in [4.69, 9.17) is 5.26 Å². The lowest BCUT2D eigenvalue weighted by atomic mass is 9.89. The fourth-order valence-corrected chi connectivity index (χ4v) is 2.25. The van der Waals surface area contributed by atoms with Crippen molar-refractivity contribution < 1.29 is 5.11 Å². The van der Waals surface area contributed by atoms with Crippen LogP contribution in [0.1, 0.15) is 40.0 Å². The molecule has 0 unspecified atom stereocenters. The molecule has 0 amide bonds. The molecule has 1 N–H and O–H groups in total. The zero-order valence-corrected chi connectivity index (χ0v) is 12.7. The Morgan fingerprint density at radius 3 is 2.21 bits per heavy atom. The van der Waals surface area contributed by atoms with Crippen LogP contribution in [0.5, 0.6) is 0 Å². The summed E-state index contributed by atoms with van der Waals surface area (Å²) in [5.41, 5.74) is -0.0333. The van der Waals surface area contributed by atoms with Crippen molar-refractivity contribution in [2.75, 3.05) is 39.3 Å². The maximum absolute atomic E-state index is 10.1. The van der Waals surface area contributed by atoms with Gasteiger partial charge < -0.3 is 10.0 Å². The highest BCUT2D eigenvalue weighted by atomic mass is 16.3. The minimum absolute atomic E-state index is 0.0333. The number of rotatable bonds is 6. The van der Waals surface area contributed by atoms with E-state index in [2.05, 4.69) is 36.6 Å². The Morgan fingerprint density at radius 2 is 1.68 bits per heavy atom. The molecule has 0 aromatic carbocycles. The largest absolute Gasteiger partial charge is 0.391 e. The quantitative estimate of drug-likeness (QED) is 0.744. The van der Waals surface area contributed by atoms with E-state index in [0.29, 0.717) is 6.42 Å². The second-order valence-electron chi connectivity index (χ2n) is 6.64. The molecule has 1 atom stereocenters. The lowest BCUT2D eigenvalue weighted by Crippen LogP contribution is -2.50. The van der Waals surface area contributed by atoms with Crippen LogP contribution in [0, 0.1) is 16.7 Å². The van der Waals surface area contributed by atoms with Crippen LogP contribution in [0.3, 0.4) is 0 Å². The Labute approximate surface area is 118 Å². The van der Waals surface area contributed by atoms with Crippen molar-refractivity contribution in [3.63, 3.8) is 0 Å². The maximum Gasteiger partial charge on any atom is 0.0715 e. The molecule has 4 nitrogen and oxygen atoms in total. The van der Waals surface area contributed by atoms with Crippen molar-refractivity contribution in [1.82, 2.24) is 9.80 Å². The highest BCUT2D eigenvalue weighted by molar-refractivity contribution is 4.80. The van der Waals surface area contributed by atoms with Crippen molar-refractivity contribution in [2.24, 2.45) is 5.41 Å². The molecule has 0 aromatic rings. The summed E-state index contributed by atoms with van der Waals surface area (Å²) in [5.74, 6) is 0. The molecule has 1 aliphatic heterocycles. The predicted octanol–water partition coefficient (Wildman–Crippen LogP) is 1.70. The van der Waals surface area contributed by atoms with Crippen LogP contribution >= 0.6 is 0 Å². The normalized spacial score (nSPS) is 20.2. The fraction of sp³-hybridized carbons (Fsp3) is 0.933. The Bertz CT molecular complexity index is 285. The third-order valence-electron chi connectivity index (χ3n) is 3.91. The molecule has 1 heterocycles. The summed E-state index contributed by atoms with van der Waals surface area (Å²) in [6.45, 7) is 12.4. The number of piperazine rings is 1. The molecule has 1 rings (SSSR count). The van der Waals surface area contributed by atoms with Crippen LogP contribution in [0.4, 0.5) is 0 Å². The van der Waals surface area contributed by atoms with Gasteiger partial charge in [0.1, 0.15) is 0 Å². The van der Waals surface area contributed by atoms with E-state index >= 15 is 0 Å². The number of nitrogens with zero attached hydrogens (tertiary/aromatic N) is 3. The molecule has 0 spiro atoms. The molecular weight excluding hydrogens is 238 g/mol. The van der Waals surface area contributed by atoms with Gasteiger partial charge in [-0.05, 0) is 24.8 Å². The van der Waals surface area contributed by atoms with Gasteiger partial charge in [-0.15, -0.1) is 0 Å². The van der Waals surface area contributed by atoms with E-state index in [-0.39, 0.29) is 11.5 Å². The van der Waals surface area contributed by atoms with Crippen LogP contribution in [0.2, 0.25) is 0 Å². The van der Waals surface area contributed by atoms with Gasteiger partial charge in [0, 0.05) is 39.1 Å². The Hall–Kier alpha value is -0.630. The zero-order valence-electron chi connectivity index (χ0n) is 12.7. The number of nitriles is 1. The number of aliphatic hydroxyl groups is 1. The highest BCUT2D eigenvalue weighted by Crippen LogP contribution is 2.20. The SMILES string of the molecule is CC(C)(C)[C@@H](O)CN1CCN(CCCCC#N)CC1. The van der Waals surface area contributed by atoms with E-state index in [1.54, 1.807) is 0 Å². The van der Waals surface area contributed by atoms with Crippen LogP contribution in [0.15, 0.2) is 0 Å². The maximum atomic E-state index is 10.1. The van der Waals surface area contributed by atoms with Crippen LogP contribution in [0.25, 0.3) is 0 Å². The minimum Gasteiger partial charge on any atom is -0.391 e. The molecule has 0 radical (unpaired) electrons. The third kappa shape index (κ3) is 6.38. The van der Waals surface area contributed by atoms with Crippen molar-refractivity contribution in [1.29, 1.82) is 5.26 Å². The van der Waals surface area contributed by atoms with Gasteiger partial charge in [-0.2, -0.15) is 5.26 Å². The van der Waals surface area contributed by atoms with Gasteiger partial charge in [0.15, 0.2) is 0 Å². The Kier molecular flexibility index (Phi) is 6.78. The summed E-state index contributed by atoms with van der Waals surface area (Å²) >= 11 is 0. The standard InChI is InChI=1S/C15H29N3O/c1-15(2,3)14(19)13-18-11-9-17(10-12-18)8-6-4-5-7-16/h14,19H,4-6,8-13H2,1-3H3/t14-/m0/s1. The number of aliphatic hydroxyl groups excluding tert-OH is 1. The van der Waals surface area contributed by atoms with E-state index in [1.807, 2.05) is 0 Å². The summed E-state index contributed by atoms with van der Waals surface area (Å²) in [7, 11) is 0. The van der Waals surface area contributed by atoms with Gasteiger partial charge >= 0.3 is 0 Å². The molecule has 0 aromatic heterocycles. The van der Waals surface area contributed by atoms with E-state index in [1.165, 1.54) is 0 Å². The van der Waals surface area contributed by atoms with Gasteiger partial charge in [0.25, 0.3) is 0 Å². The van der Waals surface area contributed by atoms with Gasteiger partial charge in [0.05, 0.1) is 12.2 Å². The minimum atomic E-state index is -0.255. The molecule has 1 aliphatic rings. The summed E-state index contributed by atoms with van der Waals surface area (Å²) in [5, 5.41) is 18.6. The molecule has 1 saturated heterocycles. The third-order valence-corrected chi connectivity index (χ3v) is 3.91. The molecule has 4 heteroatoms. The van der Waals surface area contributed by atoms with Gasteiger partial charge in [-0.1, -0.05) is 20.8 Å². The van der Waals surface area contributed by atoms with Crippen LogP contribution < -0.4 is 0 Å². The molecule has 0 aliphatic carbocycles. The number of hydrogen-bond donors (Lipinski definition) is 1. The zero-order chi connectivity index (χ0) is 14.3.